The minimum absolute atomic E-state index is 0.0146. The zero-order chi connectivity index (χ0) is 33.3. The van der Waals surface area contributed by atoms with Crippen LogP contribution in [0.5, 0.6) is 17.2 Å². The molecule has 14 heteroatoms. The van der Waals surface area contributed by atoms with Crippen molar-refractivity contribution in [3.63, 3.8) is 0 Å². The van der Waals surface area contributed by atoms with E-state index in [1.165, 1.54) is 30.9 Å². The Morgan fingerprint density at radius 1 is 1.02 bits per heavy atom. The van der Waals surface area contributed by atoms with Crippen LogP contribution in [0.3, 0.4) is 0 Å². The van der Waals surface area contributed by atoms with Crippen molar-refractivity contribution in [2.75, 3.05) is 26.2 Å². The first-order valence-corrected chi connectivity index (χ1v) is 14.4. The maximum Gasteiger partial charge on any atom is 0.352 e. The Balaban J connectivity index is 1.51. The van der Waals surface area contributed by atoms with E-state index < -0.39 is 76.2 Å². The number of phenols is 3. The van der Waals surface area contributed by atoms with Gasteiger partial charge in [0.1, 0.15) is 17.3 Å². The van der Waals surface area contributed by atoms with Crippen LogP contribution in [0.25, 0.3) is 0 Å². The van der Waals surface area contributed by atoms with E-state index in [0.717, 1.165) is 12.1 Å². The van der Waals surface area contributed by atoms with E-state index in [9.17, 15) is 53.5 Å². The molecule has 0 spiro atoms. The summed E-state index contributed by atoms with van der Waals surface area (Å²) in [6.45, 7) is 4.76. The standard InChI is InChI=1S/C31H35F2N3O9/c1-14-19(27(31(44)45)36-26(14)23(16(3)37)30(36)43)13-35(11-4-5-21(39)17-6-8-20(38)15(2)24(17)32)12-10-34-29(42)18-7-9-22(40)28(41)25(18)33/h6-9,14,16,23,26,37-38,40-41H,4-5,10-13H2,1-3H3,(H,34,42)(H,44,45)/t14-,16+,23+,26+/m0/s1. The maximum atomic E-state index is 14.6. The average Bonchev–Trinajstić information content (AvgIpc) is 3.21. The predicted molar refractivity (Wildman–Crippen MR) is 154 cm³/mol. The van der Waals surface area contributed by atoms with Gasteiger partial charge in [-0.2, -0.15) is 0 Å². The Labute approximate surface area is 257 Å². The van der Waals surface area contributed by atoms with Crippen molar-refractivity contribution in [2.45, 2.75) is 45.8 Å². The highest BCUT2D eigenvalue weighted by Crippen LogP contribution is 2.47. The number of hydrogen-bond donors (Lipinski definition) is 6. The number of amides is 2. The van der Waals surface area contributed by atoms with Crippen molar-refractivity contribution in [3.8, 4) is 17.2 Å². The number of aromatic hydroxyl groups is 3. The Hall–Kier alpha value is -4.56. The Bertz CT molecular complexity index is 1500. The highest BCUT2D eigenvalue weighted by Gasteiger charge is 2.59. The number of benzene rings is 2. The molecule has 2 aliphatic heterocycles. The van der Waals surface area contributed by atoms with Crippen molar-refractivity contribution in [1.82, 2.24) is 15.1 Å². The molecule has 2 amide bonds. The smallest absolute Gasteiger partial charge is 0.352 e. The molecule has 242 valence electrons. The number of ketones is 1. The fourth-order valence-corrected chi connectivity index (χ4v) is 6.00. The molecule has 2 aromatic rings. The van der Waals surface area contributed by atoms with E-state index in [2.05, 4.69) is 5.32 Å². The molecule has 4 atom stereocenters. The van der Waals surface area contributed by atoms with E-state index in [1.54, 1.807) is 11.8 Å². The maximum absolute atomic E-state index is 14.6. The van der Waals surface area contributed by atoms with Crippen LogP contribution in [0.2, 0.25) is 0 Å². The molecule has 2 aliphatic rings. The number of nitrogens with one attached hydrogen (secondary N) is 1. The summed E-state index contributed by atoms with van der Waals surface area (Å²) in [6, 6.07) is 3.83. The van der Waals surface area contributed by atoms with Gasteiger partial charge in [-0.1, -0.05) is 6.92 Å². The molecule has 45 heavy (non-hydrogen) atoms. The third-order valence-electron chi connectivity index (χ3n) is 8.50. The summed E-state index contributed by atoms with van der Waals surface area (Å²) in [5.41, 5.74) is -0.537. The van der Waals surface area contributed by atoms with Gasteiger partial charge in [0.15, 0.2) is 23.1 Å². The van der Waals surface area contributed by atoms with Crippen molar-refractivity contribution < 1.29 is 53.5 Å². The van der Waals surface area contributed by atoms with Crippen LogP contribution in [0.15, 0.2) is 35.5 Å². The van der Waals surface area contributed by atoms with E-state index in [-0.39, 0.29) is 61.6 Å². The Kier molecular flexibility index (Phi) is 9.78. The number of carbonyl (C=O) groups excluding carboxylic acids is 3. The van der Waals surface area contributed by atoms with Crippen LogP contribution >= 0.6 is 0 Å². The fourth-order valence-electron chi connectivity index (χ4n) is 6.00. The second kappa shape index (κ2) is 13.2. The van der Waals surface area contributed by atoms with Crippen LogP contribution < -0.4 is 5.32 Å². The van der Waals surface area contributed by atoms with Crippen LogP contribution in [-0.2, 0) is 9.59 Å². The number of halogens is 2. The number of aliphatic hydroxyl groups excluding tert-OH is 1. The van der Waals surface area contributed by atoms with Gasteiger partial charge in [0.05, 0.1) is 29.2 Å². The minimum atomic E-state index is -1.32. The molecule has 2 aromatic carbocycles. The minimum Gasteiger partial charge on any atom is -0.508 e. The molecule has 0 saturated carbocycles. The number of carbonyl (C=O) groups is 4. The van der Waals surface area contributed by atoms with Crippen LogP contribution in [0.4, 0.5) is 8.78 Å². The highest BCUT2D eigenvalue weighted by molar-refractivity contribution is 6.00. The normalized spacial score (nSPS) is 19.8. The number of Topliss-reactive ketones (excluding diaryl/α,β-unsaturated/α-hetero) is 1. The Morgan fingerprint density at radius 2 is 1.67 bits per heavy atom. The summed E-state index contributed by atoms with van der Waals surface area (Å²) in [6.07, 6.45) is -0.893. The number of rotatable bonds is 13. The zero-order valence-corrected chi connectivity index (χ0v) is 24.9. The summed E-state index contributed by atoms with van der Waals surface area (Å²) < 4.78 is 28.9. The van der Waals surface area contributed by atoms with E-state index in [0.29, 0.717) is 5.57 Å². The zero-order valence-electron chi connectivity index (χ0n) is 24.9. The Morgan fingerprint density at radius 3 is 2.31 bits per heavy atom. The number of hydrogen-bond acceptors (Lipinski definition) is 9. The summed E-state index contributed by atoms with van der Waals surface area (Å²) in [5.74, 6) is -8.64. The fraction of sp³-hybridized carbons (Fsp3) is 0.419. The number of aliphatic carboxylic acids is 1. The van der Waals surface area contributed by atoms with Gasteiger partial charge in [-0.3, -0.25) is 19.3 Å². The van der Waals surface area contributed by atoms with Gasteiger partial charge in [-0.05, 0) is 56.7 Å². The second-order valence-electron chi connectivity index (χ2n) is 11.4. The topological polar surface area (TPSA) is 188 Å². The average molecular weight is 632 g/mol. The van der Waals surface area contributed by atoms with Gasteiger partial charge in [0.2, 0.25) is 5.91 Å². The number of carboxylic acid groups (broad SMARTS) is 1. The third kappa shape index (κ3) is 6.33. The van der Waals surface area contributed by atoms with Crippen LogP contribution in [0.1, 0.15) is 53.0 Å². The molecule has 1 fully saturated rings. The second-order valence-corrected chi connectivity index (χ2v) is 11.4. The van der Waals surface area contributed by atoms with Crippen LogP contribution in [0, 0.1) is 30.4 Å². The van der Waals surface area contributed by atoms with Crippen LogP contribution in [-0.4, -0.2) is 97.2 Å². The third-order valence-corrected chi connectivity index (χ3v) is 8.50. The molecule has 0 unspecified atom stereocenters. The number of β-lactam (4-membered cyclic amide) rings is 1. The molecular weight excluding hydrogens is 596 g/mol. The molecule has 0 aliphatic carbocycles. The molecule has 0 radical (unpaired) electrons. The lowest BCUT2D eigenvalue weighted by molar-refractivity contribution is -0.163. The number of fused-ring (bicyclic) bond motifs is 1. The monoisotopic (exact) mass is 631 g/mol. The summed E-state index contributed by atoms with van der Waals surface area (Å²) in [7, 11) is 0. The number of phenolic OH excluding ortho intramolecular Hbond substituents is 3. The SMILES string of the molecule is Cc1c(O)ccc(C(=O)CCCN(CCNC(=O)c2ccc(O)c(O)c2F)CC2=C(C(=O)O)N3C(=O)[C@H]([C@@H](C)O)[C@H]3[C@H]2C)c1F. The summed E-state index contributed by atoms with van der Waals surface area (Å²) >= 11 is 0. The lowest BCUT2D eigenvalue weighted by Gasteiger charge is -2.46. The number of carboxylic acids is 1. The largest absolute Gasteiger partial charge is 0.508 e. The molecule has 12 nitrogen and oxygen atoms in total. The summed E-state index contributed by atoms with van der Waals surface area (Å²) in [5, 5.41) is 51.4. The number of nitrogens with zero attached hydrogens (tertiary/aromatic N) is 2. The van der Waals surface area contributed by atoms with Gasteiger partial charge >= 0.3 is 5.97 Å². The molecule has 0 aromatic heterocycles. The first kappa shape index (κ1) is 33.3. The van der Waals surface area contributed by atoms with Gasteiger partial charge < -0.3 is 35.7 Å². The van der Waals surface area contributed by atoms with E-state index in [4.69, 9.17) is 0 Å². The molecular formula is C31H35F2N3O9. The predicted octanol–water partition coefficient (Wildman–Crippen LogP) is 2.28. The van der Waals surface area contributed by atoms with Gasteiger partial charge in [-0.25, -0.2) is 13.6 Å². The molecule has 4 rings (SSSR count). The molecule has 1 saturated heterocycles. The first-order valence-electron chi connectivity index (χ1n) is 14.4. The van der Waals surface area contributed by atoms with E-state index >= 15 is 0 Å². The lowest BCUT2D eigenvalue weighted by atomic mass is 9.77. The van der Waals surface area contributed by atoms with Crippen molar-refractivity contribution >= 4 is 23.6 Å². The lowest BCUT2D eigenvalue weighted by Crippen LogP contribution is -2.63. The number of aliphatic hydroxyl groups is 1. The van der Waals surface area contributed by atoms with Gasteiger partial charge in [0, 0.05) is 37.5 Å². The van der Waals surface area contributed by atoms with Crippen molar-refractivity contribution in [1.29, 1.82) is 0 Å². The molecule has 0 bridgehead atoms. The summed E-state index contributed by atoms with van der Waals surface area (Å²) in [4.78, 5) is 53.3. The van der Waals surface area contributed by atoms with E-state index in [1.807, 2.05) is 0 Å². The van der Waals surface area contributed by atoms with Gasteiger partial charge in [0.25, 0.3) is 5.91 Å². The quantitative estimate of drug-likeness (QED) is 0.109. The van der Waals surface area contributed by atoms with Crippen molar-refractivity contribution in [2.24, 2.45) is 11.8 Å². The highest BCUT2D eigenvalue weighted by atomic mass is 19.1. The molecule has 6 N–H and O–H groups in total. The first-order chi connectivity index (χ1) is 21.2. The molecule has 2 heterocycles. The van der Waals surface area contributed by atoms with Gasteiger partial charge in [-0.15, -0.1) is 0 Å². The van der Waals surface area contributed by atoms with Crippen molar-refractivity contribution in [3.05, 3.63) is 63.9 Å².